The van der Waals surface area contributed by atoms with Crippen LogP contribution in [0.2, 0.25) is 0 Å². The summed E-state index contributed by atoms with van der Waals surface area (Å²) in [6.45, 7) is 0. The topological polar surface area (TPSA) is 38.7 Å². The van der Waals surface area contributed by atoms with Crippen LogP contribution < -0.4 is 0 Å². The Hall–Kier alpha value is -5.93. The molecule has 0 aliphatic carbocycles. The Balaban J connectivity index is 1.24. The first-order valence-corrected chi connectivity index (χ1v) is 14.8. The molecule has 0 unspecified atom stereocenters. The minimum absolute atomic E-state index is 0.704. The van der Waals surface area contributed by atoms with E-state index in [0.29, 0.717) is 5.82 Å². The predicted octanol–water partition coefficient (Wildman–Crippen LogP) is 10.5. The van der Waals surface area contributed by atoms with Gasteiger partial charge in [0.05, 0.1) is 5.69 Å². The van der Waals surface area contributed by atoms with Crippen molar-refractivity contribution >= 4 is 21.5 Å². The van der Waals surface area contributed by atoms with E-state index < -0.39 is 0 Å². The lowest BCUT2D eigenvalue weighted by Gasteiger charge is -2.18. The number of fused-ring (bicyclic) bond motifs is 2. The summed E-state index contributed by atoms with van der Waals surface area (Å²) in [5.41, 5.74) is 9.99. The van der Waals surface area contributed by atoms with Crippen molar-refractivity contribution in [3.63, 3.8) is 0 Å². The van der Waals surface area contributed by atoms with E-state index in [-0.39, 0.29) is 0 Å². The van der Waals surface area contributed by atoms with Gasteiger partial charge in [0.1, 0.15) is 0 Å². The first-order valence-electron chi connectivity index (χ1n) is 14.8. The number of hydrogen-bond donors (Lipinski definition) is 0. The van der Waals surface area contributed by atoms with Crippen LogP contribution in [0, 0.1) is 0 Å². The highest BCUT2D eigenvalue weighted by molar-refractivity contribution is 6.21. The molecular weight excluding hydrogens is 534 g/mol. The molecule has 8 aromatic rings. The third kappa shape index (κ3) is 4.61. The first-order chi connectivity index (χ1) is 21.8. The quantitative estimate of drug-likeness (QED) is 0.196. The molecule has 0 aliphatic rings. The van der Waals surface area contributed by atoms with Gasteiger partial charge in [0.15, 0.2) is 5.82 Å². The summed E-state index contributed by atoms with van der Waals surface area (Å²) < 4.78 is 0. The summed E-state index contributed by atoms with van der Waals surface area (Å²) in [5, 5.41) is 4.94. The molecule has 2 heterocycles. The van der Waals surface area contributed by atoms with Crippen LogP contribution in [0.3, 0.4) is 0 Å². The fourth-order valence-corrected chi connectivity index (χ4v) is 6.19. The van der Waals surface area contributed by atoms with Crippen LogP contribution in [0.4, 0.5) is 0 Å². The number of aromatic nitrogens is 3. The highest BCUT2D eigenvalue weighted by Crippen LogP contribution is 2.44. The van der Waals surface area contributed by atoms with Crippen molar-refractivity contribution < 1.29 is 0 Å². The molecule has 0 atom stereocenters. The zero-order valence-electron chi connectivity index (χ0n) is 23.9. The average molecular weight is 562 g/mol. The highest BCUT2D eigenvalue weighted by Gasteiger charge is 2.17. The predicted molar refractivity (Wildman–Crippen MR) is 182 cm³/mol. The first kappa shape index (κ1) is 25.8. The number of hydrogen-bond acceptors (Lipinski definition) is 3. The Labute approximate surface area is 256 Å². The summed E-state index contributed by atoms with van der Waals surface area (Å²) in [4.78, 5) is 13.9. The maximum Gasteiger partial charge on any atom is 0.159 e. The molecule has 0 aliphatic heterocycles. The minimum Gasteiger partial charge on any atom is -0.264 e. The van der Waals surface area contributed by atoms with Crippen molar-refractivity contribution in [2.45, 2.75) is 0 Å². The van der Waals surface area contributed by atoms with Crippen LogP contribution >= 0.6 is 0 Å². The Morgan fingerprint density at radius 1 is 0.364 bits per heavy atom. The van der Waals surface area contributed by atoms with Gasteiger partial charge in [0, 0.05) is 29.7 Å². The molecule has 0 N–H and O–H groups in total. The molecule has 3 heteroatoms. The molecule has 8 rings (SSSR count). The lowest BCUT2D eigenvalue weighted by Crippen LogP contribution is -1.93. The van der Waals surface area contributed by atoms with E-state index in [1.165, 1.54) is 38.2 Å². The van der Waals surface area contributed by atoms with Crippen molar-refractivity contribution in [1.29, 1.82) is 0 Å². The summed E-state index contributed by atoms with van der Waals surface area (Å²) >= 11 is 0. The fraction of sp³-hybridized carbons (Fsp3) is 0. The average Bonchev–Trinajstić information content (AvgIpc) is 3.11. The van der Waals surface area contributed by atoms with E-state index in [1.54, 1.807) is 6.20 Å². The maximum atomic E-state index is 5.01. The van der Waals surface area contributed by atoms with Gasteiger partial charge in [-0.1, -0.05) is 127 Å². The summed E-state index contributed by atoms with van der Waals surface area (Å²) in [6, 6.07) is 51.2. The maximum absolute atomic E-state index is 5.01. The van der Waals surface area contributed by atoms with Gasteiger partial charge in [-0.25, -0.2) is 9.97 Å². The molecule has 0 saturated heterocycles. The SMILES string of the molecule is c1ccc(-c2c3ccccc3c(-c3cccc(-c4nccc(-c5ccc(-c6cccnc6)cc5)n4)c3)c3ccccc23)cc1. The Morgan fingerprint density at radius 2 is 0.932 bits per heavy atom. The highest BCUT2D eigenvalue weighted by atomic mass is 14.9. The lowest BCUT2D eigenvalue weighted by molar-refractivity contribution is 1.18. The van der Waals surface area contributed by atoms with Crippen molar-refractivity contribution in [3.05, 3.63) is 164 Å². The van der Waals surface area contributed by atoms with Gasteiger partial charge in [0.25, 0.3) is 0 Å². The molecule has 6 aromatic carbocycles. The van der Waals surface area contributed by atoms with Crippen molar-refractivity contribution in [3.8, 4) is 56.0 Å². The molecule has 44 heavy (non-hydrogen) atoms. The van der Waals surface area contributed by atoms with Crippen LogP contribution in [0.25, 0.3) is 77.6 Å². The molecular formula is C41H27N3. The van der Waals surface area contributed by atoms with Crippen molar-refractivity contribution in [1.82, 2.24) is 15.0 Å². The van der Waals surface area contributed by atoms with Gasteiger partial charge in [-0.3, -0.25) is 4.98 Å². The van der Waals surface area contributed by atoms with Crippen LogP contribution in [0.15, 0.2) is 164 Å². The van der Waals surface area contributed by atoms with Gasteiger partial charge >= 0.3 is 0 Å². The zero-order valence-corrected chi connectivity index (χ0v) is 23.9. The zero-order chi connectivity index (χ0) is 29.3. The van der Waals surface area contributed by atoms with Crippen LogP contribution in [-0.4, -0.2) is 15.0 Å². The van der Waals surface area contributed by atoms with E-state index in [0.717, 1.165) is 33.5 Å². The van der Waals surface area contributed by atoms with E-state index in [2.05, 4.69) is 138 Å². The third-order valence-electron chi connectivity index (χ3n) is 8.23. The van der Waals surface area contributed by atoms with E-state index in [4.69, 9.17) is 9.97 Å². The van der Waals surface area contributed by atoms with Crippen molar-refractivity contribution in [2.24, 2.45) is 0 Å². The summed E-state index contributed by atoms with van der Waals surface area (Å²) in [7, 11) is 0. The Morgan fingerprint density at radius 3 is 1.59 bits per heavy atom. The van der Waals surface area contributed by atoms with E-state index >= 15 is 0 Å². The normalized spacial score (nSPS) is 11.2. The monoisotopic (exact) mass is 561 g/mol. The second-order valence-corrected chi connectivity index (χ2v) is 10.9. The number of benzene rings is 6. The Bertz CT molecular complexity index is 2200. The number of nitrogens with zero attached hydrogens (tertiary/aromatic N) is 3. The van der Waals surface area contributed by atoms with Gasteiger partial charge < -0.3 is 0 Å². The number of pyridine rings is 1. The molecule has 0 radical (unpaired) electrons. The fourth-order valence-electron chi connectivity index (χ4n) is 6.19. The van der Waals surface area contributed by atoms with Crippen LogP contribution in [0.1, 0.15) is 0 Å². The summed E-state index contributed by atoms with van der Waals surface area (Å²) in [6.07, 6.45) is 5.52. The molecule has 0 fully saturated rings. The van der Waals surface area contributed by atoms with E-state index in [9.17, 15) is 0 Å². The molecule has 0 amide bonds. The molecule has 2 aromatic heterocycles. The van der Waals surface area contributed by atoms with Crippen molar-refractivity contribution in [2.75, 3.05) is 0 Å². The molecule has 206 valence electrons. The standard InChI is InChI=1S/C41H27N3/c1-2-10-30(11-3-1)39-34-15-4-6-17-36(34)40(37-18-7-5-16-35(37)39)31-12-8-13-32(26-31)41-43-25-23-38(44-41)29-21-19-28(20-22-29)33-14-9-24-42-27-33/h1-27H. The minimum atomic E-state index is 0.704. The van der Waals surface area contributed by atoms with Crippen LogP contribution in [0.5, 0.6) is 0 Å². The molecule has 0 spiro atoms. The molecule has 0 bridgehead atoms. The van der Waals surface area contributed by atoms with Gasteiger partial charge in [0.2, 0.25) is 0 Å². The second kappa shape index (κ2) is 11.0. The second-order valence-electron chi connectivity index (χ2n) is 10.9. The van der Waals surface area contributed by atoms with Gasteiger partial charge in [-0.2, -0.15) is 0 Å². The number of rotatable bonds is 5. The Kier molecular flexibility index (Phi) is 6.47. The third-order valence-corrected chi connectivity index (χ3v) is 8.23. The van der Waals surface area contributed by atoms with Gasteiger partial charge in [-0.05, 0) is 73.1 Å². The largest absolute Gasteiger partial charge is 0.264 e. The van der Waals surface area contributed by atoms with Gasteiger partial charge in [-0.15, -0.1) is 0 Å². The van der Waals surface area contributed by atoms with E-state index in [1.807, 2.05) is 24.5 Å². The molecule has 3 nitrogen and oxygen atoms in total. The molecule has 0 saturated carbocycles. The lowest BCUT2D eigenvalue weighted by atomic mass is 9.86. The summed E-state index contributed by atoms with van der Waals surface area (Å²) in [5.74, 6) is 0.704. The van der Waals surface area contributed by atoms with Crippen LogP contribution in [-0.2, 0) is 0 Å². The smallest absolute Gasteiger partial charge is 0.159 e.